The van der Waals surface area contributed by atoms with Crippen LogP contribution < -0.4 is 5.73 Å². The van der Waals surface area contributed by atoms with Gasteiger partial charge >= 0.3 is 0 Å². The lowest BCUT2D eigenvalue weighted by atomic mass is 9.77. The molecule has 5 heteroatoms. The molecule has 2 N–H and O–H groups in total. The average molecular weight is 412 g/mol. The van der Waals surface area contributed by atoms with E-state index in [1.165, 1.54) is 31.2 Å². The molecule has 4 rings (SSSR count). The number of hydrogen-bond donors (Lipinski definition) is 1. The van der Waals surface area contributed by atoms with Gasteiger partial charge in [-0.3, -0.25) is 9.59 Å². The number of piperidine rings is 1. The third-order valence-electron chi connectivity index (χ3n) is 7.75. The molecule has 0 bridgehead atoms. The first-order valence-electron chi connectivity index (χ1n) is 12.0. The van der Waals surface area contributed by atoms with Crippen LogP contribution in [0.2, 0.25) is 0 Å². The quantitative estimate of drug-likeness (QED) is 0.749. The lowest BCUT2D eigenvalue weighted by Gasteiger charge is -2.40. The zero-order valence-corrected chi connectivity index (χ0v) is 18.2. The van der Waals surface area contributed by atoms with Crippen molar-refractivity contribution >= 4 is 11.8 Å². The van der Waals surface area contributed by atoms with E-state index in [9.17, 15) is 9.59 Å². The van der Waals surface area contributed by atoms with Gasteiger partial charge in [0.15, 0.2) is 0 Å². The molecule has 2 aliphatic heterocycles. The van der Waals surface area contributed by atoms with E-state index in [4.69, 9.17) is 5.73 Å². The first-order valence-corrected chi connectivity index (χ1v) is 12.0. The van der Waals surface area contributed by atoms with E-state index in [-0.39, 0.29) is 24.2 Å². The van der Waals surface area contributed by atoms with Crippen molar-refractivity contribution in [2.45, 2.75) is 63.8 Å². The van der Waals surface area contributed by atoms with Gasteiger partial charge in [0.05, 0.1) is 0 Å². The van der Waals surface area contributed by atoms with Crippen molar-refractivity contribution in [3.05, 3.63) is 35.9 Å². The highest BCUT2D eigenvalue weighted by molar-refractivity contribution is 5.85. The van der Waals surface area contributed by atoms with Crippen molar-refractivity contribution in [2.24, 2.45) is 23.5 Å². The Morgan fingerprint density at radius 1 is 1.00 bits per heavy atom. The third kappa shape index (κ3) is 5.05. The van der Waals surface area contributed by atoms with Crippen LogP contribution >= 0.6 is 0 Å². The van der Waals surface area contributed by atoms with E-state index >= 15 is 0 Å². The Hall–Kier alpha value is -1.88. The number of fused-ring (bicyclic) bond motifs is 1. The molecule has 1 aromatic rings. The van der Waals surface area contributed by atoms with Crippen molar-refractivity contribution in [1.82, 2.24) is 9.80 Å². The molecule has 3 fully saturated rings. The summed E-state index contributed by atoms with van der Waals surface area (Å²) in [6, 6.07) is 11.0. The largest absolute Gasteiger partial charge is 0.370 e. The molecule has 164 valence electrons. The van der Waals surface area contributed by atoms with Crippen LogP contribution in [0, 0.1) is 17.8 Å². The van der Waals surface area contributed by atoms with Gasteiger partial charge in [-0.05, 0) is 56.0 Å². The summed E-state index contributed by atoms with van der Waals surface area (Å²) in [6.45, 7) is 3.99. The van der Waals surface area contributed by atoms with Gasteiger partial charge in [0.25, 0.3) is 0 Å². The number of carbonyl (C=O) groups is 2. The van der Waals surface area contributed by atoms with Gasteiger partial charge < -0.3 is 15.5 Å². The first-order chi connectivity index (χ1) is 14.6. The molecule has 0 radical (unpaired) electrons. The molecule has 3 aliphatic rings. The molecule has 5 nitrogen and oxygen atoms in total. The molecule has 2 heterocycles. The predicted molar refractivity (Wildman–Crippen MR) is 119 cm³/mol. The molecular formula is C25H37N3O2. The van der Waals surface area contributed by atoms with Gasteiger partial charge in [0.1, 0.15) is 0 Å². The maximum atomic E-state index is 13.6. The van der Waals surface area contributed by atoms with Gasteiger partial charge in [-0.1, -0.05) is 49.6 Å². The second kappa shape index (κ2) is 9.95. The standard InChI is InChI=1S/C25H37N3O2/c26-24(29)17-22(20-9-5-2-6-10-20)25(30)28-16-13-21-12-15-27(18-23(21)28)14-11-19-7-3-1-4-8-19/h1,3-4,7-8,20-23H,2,5-6,9-18H2,(H2,26,29)/t21-,22+,23-/m1/s1. The third-order valence-corrected chi connectivity index (χ3v) is 7.75. The van der Waals surface area contributed by atoms with Gasteiger partial charge in [-0.25, -0.2) is 0 Å². The molecule has 1 aliphatic carbocycles. The SMILES string of the molecule is NC(=O)C[C@H](C(=O)N1CC[C@H]2CCN(CCc3ccccc3)C[C@H]21)C1CCCCC1. The summed E-state index contributed by atoms with van der Waals surface area (Å²) in [5.74, 6) is 0.611. The summed E-state index contributed by atoms with van der Waals surface area (Å²) in [7, 11) is 0. The Kier molecular flexibility index (Phi) is 7.08. The zero-order valence-electron chi connectivity index (χ0n) is 18.2. The van der Waals surface area contributed by atoms with Crippen LogP contribution in [0.25, 0.3) is 0 Å². The summed E-state index contributed by atoms with van der Waals surface area (Å²) in [6.07, 6.45) is 9.28. The van der Waals surface area contributed by atoms with Crippen molar-refractivity contribution in [3.63, 3.8) is 0 Å². The number of nitrogens with two attached hydrogens (primary N) is 1. The Labute approximate surface area is 181 Å². The lowest BCUT2D eigenvalue weighted by molar-refractivity contribution is -0.142. The monoisotopic (exact) mass is 411 g/mol. The molecular weight excluding hydrogens is 374 g/mol. The van der Waals surface area contributed by atoms with Crippen molar-refractivity contribution in [2.75, 3.05) is 26.2 Å². The highest BCUT2D eigenvalue weighted by Gasteiger charge is 2.43. The number of benzene rings is 1. The first kappa shape index (κ1) is 21.4. The highest BCUT2D eigenvalue weighted by atomic mass is 16.2. The molecule has 0 unspecified atom stereocenters. The van der Waals surface area contributed by atoms with Crippen molar-refractivity contribution in [1.29, 1.82) is 0 Å². The van der Waals surface area contributed by atoms with Gasteiger partial charge in [0.2, 0.25) is 11.8 Å². The van der Waals surface area contributed by atoms with Gasteiger partial charge in [-0.2, -0.15) is 0 Å². The minimum absolute atomic E-state index is 0.207. The van der Waals surface area contributed by atoms with E-state index in [1.54, 1.807) is 0 Å². The van der Waals surface area contributed by atoms with Crippen molar-refractivity contribution in [3.8, 4) is 0 Å². The Morgan fingerprint density at radius 2 is 1.73 bits per heavy atom. The molecule has 2 saturated heterocycles. The highest BCUT2D eigenvalue weighted by Crippen LogP contribution is 2.37. The zero-order chi connectivity index (χ0) is 20.9. The molecule has 0 aromatic heterocycles. The molecule has 1 saturated carbocycles. The molecule has 1 aromatic carbocycles. The second-order valence-corrected chi connectivity index (χ2v) is 9.65. The molecule has 3 atom stereocenters. The second-order valence-electron chi connectivity index (χ2n) is 9.65. The average Bonchev–Trinajstić information content (AvgIpc) is 3.20. The number of rotatable bonds is 7. The summed E-state index contributed by atoms with van der Waals surface area (Å²) in [5.41, 5.74) is 6.94. The van der Waals surface area contributed by atoms with E-state index in [0.717, 1.165) is 51.9 Å². The lowest BCUT2D eigenvalue weighted by Crippen LogP contribution is -2.52. The number of amides is 2. The fourth-order valence-corrected chi connectivity index (χ4v) is 6.04. The smallest absolute Gasteiger partial charge is 0.226 e. The van der Waals surface area contributed by atoms with Crippen LogP contribution in [-0.4, -0.2) is 53.8 Å². The van der Waals surface area contributed by atoms with E-state index in [0.29, 0.717) is 17.9 Å². The number of hydrogen-bond acceptors (Lipinski definition) is 3. The predicted octanol–water partition coefficient (Wildman–Crippen LogP) is 3.22. The van der Waals surface area contributed by atoms with E-state index < -0.39 is 0 Å². The summed E-state index contributed by atoms with van der Waals surface area (Å²) < 4.78 is 0. The van der Waals surface area contributed by atoms with Gasteiger partial charge in [-0.15, -0.1) is 0 Å². The van der Waals surface area contributed by atoms with E-state index in [1.807, 2.05) is 0 Å². The topological polar surface area (TPSA) is 66.6 Å². The van der Waals surface area contributed by atoms with E-state index in [2.05, 4.69) is 40.1 Å². The number of nitrogens with zero attached hydrogens (tertiary/aromatic N) is 2. The van der Waals surface area contributed by atoms with Crippen LogP contribution in [0.1, 0.15) is 56.9 Å². The Bertz CT molecular complexity index is 716. The fraction of sp³-hybridized carbons (Fsp3) is 0.680. The number of primary amides is 1. The maximum absolute atomic E-state index is 13.6. The van der Waals surface area contributed by atoms with Crippen molar-refractivity contribution < 1.29 is 9.59 Å². The summed E-state index contributed by atoms with van der Waals surface area (Å²) in [4.78, 5) is 30.1. The number of likely N-dealkylation sites (tertiary alicyclic amines) is 2. The molecule has 30 heavy (non-hydrogen) atoms. The Balaban J connectivity index is 1.40. The maximum Gasteiger partial charge on any atom is 0.226 e. The minimum atomic E-state index is -0.331. The van der Waals surface area contributed by atoms with Crippen LogP contribution in [0.15, 0.2) is 30.3 Å². The summed E-state index contributed by atoms with van der Waals surface area (Å²) in [5, 5.41) is 0. The normalized spacial score (nSPS) is 26.3. The van der Waals surface area contributed by atoms with Crippen LogP contribution in [0.3, 0.4) is 0 Å². The van der Waals surface area contributed by atoms with Gasteiger partial charge in [0, 0.05) is 38.0 Å². The van der Waals surface area contributed by atoms with Crippen LogP contribution in [-0.2, 0) is 16.0 Å². The molecule has 0 spiro atoms. The van der Waals surface area contributed by atoms with Crippen LogP contribution in [0.4, 0.5) is 0 Å². The number of carbonyl (C=O) groups excluding carboxylic acids is 2. The molecule has 2 amide bonds. The summed E-state index contributed by atoms with van der Waals surface area (Å²) >= 11 is 0. The van der Waals surface area contributed by atoms with Crippen LogP contribution in [0.5, 0.6) is 0 Å². The Morgan fingerprint density at radius 3 is 2.47 bits per heavy atom. The minimum Gasteiger partial charge on any atom is -0.370 e. The fourth-order valence-electron chi connectivity index (χ4n) is 6.04.